The summed E-state index contributed by atoms with van der Waals surface area (Å²) in [5.74, 6) is 0.869. The zero-order valence-corrected chi connectivity index (χ0v) is 12.7. The topological polar surface area (TPSA) is 77.8 Å². The van der Waals surface area contributed by atoms with Crippen molar-refractivity contribution in [3.05, 3.63) is 46.2 Å². The maximum atomic E-state index is 6.14. The van der Waals surface area contributed by atoms with Crippen molar-refractivity contribution in [3.8, 4) is 0 Å². The van der Waals surface area contributed by atoms with Crippen molar-refractivity contribution in [1.29, 1.82) is 0 Å². The molecule has 20 heavy (non-hydrogen) atoms. The van der Waals surface area contributed by atoms with Gasteiger partial charge in [-0.15, -0.1) is 0 Å². The summed E-state index contributed by atoms with van der Waals surface area (Å²) in [5, 5.41) is 0.936. The maximum Gasteiger partial charge on any atom is 0.147 e. The number of nitrogens with zero attached hydrogens (tertiary/aromatic N) is 2. The first kappa shape index (κ1) is 15.1. The number of unbranched alkanes of at least 4 members (excludes halogenated alkanes) is 1. The van der Waals surface area contributed by atoms with Crippen LogP contribution in [0.3, 0.4) is 0 Å². The lowest BCUT2D eigenvalue weighted by molar-refractivity contribution is 0.587. The molecule has 1 aromatic carbocycles. The molecule has 4 nitrogen and oxygen atoms in total. The van der Waals surface area contributed by atoms with E-state index in [2.05, 4.69) is 28.4 Å². The van der Waals surface area contributed by atoms with Gasteiger partial charge in [-0.25, -0.2) is 4.98 Å². The summed E-state index contributed by atoms with van der Waals surface area (Å²) in [6.45, 7) is 2.84. The van der Waals surface area contributed by atoms with Crippen molar-refractivity contribution >= 4 is 11.5 Å². The Morgan fingerprint density at radius 2 is 2.05 bits per heavy atom. The lowest BCUT2D eigenvalue weighted by Gasteiger charge is -2.06. The minimum absolute atomic E-state index is 0.00956. The number of rotatable bonds is 7. The molecule has 0 aliphatic heterocycles. The van der Waals surface area contributed by atoms with Gasteiger partial charge in [0.2, 0.25) is 0 Å². The summed E-state index contributed by atoms with van der Waals surface area (Å²) in [5.41, 5.74) is 14.2. The highest BCUT2D eigenvalue weighted by Gasteiger charge is 2.12. The Hall–Kier alpha value is -1.30. The van der Waals surface area contributed by atoms with Gasteiger partial charge in [-0.1, -0.05) is 30.7 Å². The molecular weight excluding hydrogens is 268 g/mol. The Kier molecular flexibility index (Phi) is 5.64. The number of hydrogen-bond acceptors (Lipinski definition) is 5. The molecule has 0 bridgehead atoms. The average Bonchev–Trinajstić information content (AvgIpc) is 2.90. The fraction of sp³-hybridized carbons (Fsp3) is 0.467. The Labute approximate surface area is 124 Å². The van der Waals surface area contributed by atoms with Crippen LogP contribution in [0.1, 0.15) is 47.3 Å². The second-order valence-corrected chi connectivity index (χ2v) is 5.83. The van der Waals surface area contributed by atoms with Gasteiger partial charge in [0.15, 0.2) is 0 Å². The first-order valence-electron chi connectivity index (χ1n) is 7.03. The molecule has 2 rings (SSSR count). The fourth-order valence-corrected chi connectivity index (χ4v) is 2.80. The molecule has 0 aliphatic carbocycles. The van der Waals surface area contributed by atoms with Gasteiger partial charge in [-0.2, -0.15) is 4.37 Å². The largest absolute Gasteiger partial charge is 0.330 e. The van der Waals surface area contributed by atoms with Crippen LogP contribution in [0.4, 0.5) is 0 Å². The average molecular weight is 290 g/mol. The van der Waals surface area contributed by atoms with Crippen LogP contribution in [0.15, 0.2) is 24.3 Å². The van der Waals surface area contributed by atoms with Crippen molar-refractivity contribution in [1.82, 2.24) is 9.36 Å². The zero-order valence-electron chi connectivity index (χ0n) is 11.9. The van der Waals surface area contributed by atoms with Crippen molar-refractivity contribution < 1.29 is 0 Å². The quantitative estimate of drug-likeness (QED) is 0.768. The SMILES string of the molecule is Cc1ccccc1Cc1nsc(C(N)CCCCN)n1. The summed E-state index contributed by atoms with van der Waals surface area (Å²) in [6.07, 6.45) is 3.77. The van der Waals surface area contributed by atoms with E-state index < -0.39 is 0 Å². The lowest BCUT2D eigenvalue weighted by Crippen LogP contribution is -2.11. The first-order valence-corrected chi connectivity index (χ1v) is 7.80. The molecule has 4 N–H and O–H groups in total. The molecule has 0 spiro atoms. The molecule has 0 amide bonds. The van der Waals surface area contributed by atoms with Crippen LogP contribution in [-0.4, -0.2) is 15.9 Å². The number of aryl methyl sites for hydroxylation is 1. The van der Waals surface area contributed by atoms with Crippen LogP contribution < -0.4 is 11.5 Å². The molecule has 0 radical (unpaired) electrons. The van der Waals surface area contributed by atoms with E-state index in [1.54, 1.807) is 0 Å². The van der Waals surface area contributed by atoms with Gasteiger partial charge >= 0.3 is 0 Å². The van der Waals surface area contributed by atoms with Crippen LogP contribution in [0.5, 0.6) is 0 Å². The molecular formula is C15H22N4S. The molecule has 5 heteroatoms. The second-order valence-electron chi connectivity index (χ2n) is 5.04. The minimum Gasteiger partial charge on any atom is -0.330 e. The van der Waals surface area contributed by atoms with E-state index in [1.807, 2.05) is 12.1 Å². The molecule has 1 unspecified atom stereocenters. The van der Waals surface area contributed by atoms with Crippen LogP contribution in [-0.2, 0) is 6.42 Å². The second kappa shape index (κ2) is 7.47. The van der Waals surface area contributed by atoms with Crippen molar-refractivity contribution in [2.45, 2.75) is 38.6 Å². The Balaban J connectivity index is 1.97. The maximum absolute atomic E-state index is 6.14. The van der Waals surface area contributed by atoms with E-state index in [0.29, 0.717) is 0 Å². The molecule has 0 saturated heterocycles. The highest BCUT2D eigenvalue weighted by atomic mass is 32.1. The predicted molar refractivity (Wildman–Crippen MR) is 83.7 cm³/mol. The summed E-state index contributed by atoms with van der Waals surface area (Å²) in [4.78, 5) is 4.58. The number of nitrogens with two attached hydrogens (primary N) is 2. The normalized spacial score (nSPS) is 12.6. The molecule has 1 heterocycles. The van der Waals surface area contributed by atoms with Gasteiger partial charge in [0.25, 0.3) is 0 Å². The van der Waals surface area contributed by atoms with E-state index in [9.17, 15) is 0 Å². The molecule has 2 aromatic rings. The molecule has 0 saturated carbocycles. The van der Waals surface area contributed by atoms with Gasteiger partial charge in [-0.05, 0) is 49.0 Å². The fourth-order valence-electron chi connectivity index (χ4n) is 2.10. The van der Waals surface area contributed by atoms with E-state index in [1.165, 1.54) is 22.7 Å². The van der Waals surface area contributed by atoms with Crippen LogP contribution in [0.25, 0.3) is 0 Å². The zero-order chi connectivity index (χ0) is 14.4. The molecule has 0 aliphatic rings. The van der Waals surface area contributed by atoms with Crippen molar-refractivity contribution in [2.24, 2.45) is 11.5 Å². The van der Waals surface area contributed by atoms with Gasteiger partial charge in [0.1, 0.15) is 10.8 Å². The van der Waals surface area contributed by atoms with Crippen molar-refractivity contribution in [2.75, 3.05) is 6.54 Å². The van der Waals surface area contributed by atoms with Gasteiger partial charge < -0.3 is 11.5 Å². The molecule has 1 aromatic heterocycles. The third-order valence-electron chi connectivity index (χ3n) is 3.38. The Bertz CT molecular complexity index is 538. The number of hydrogen-bond donors (Lipinski definition) is 2. The Morgan fingerprint density at radius 1 is 1.25 bits per heavy atom. The van der Waals surface area contributed by atoms with E-state index in [0.717, 1.165) is 43.1 Å². The molecule has 1 atom stereocenters. The van der Waals surface area contributed by atoms with E-state index >= 15 is 0 Å². The smallest absolute Gasteiger partial charge is 0.147 e. The van der Waals surface area contributed by atoms with E-state index in [-0.39, 0.29) is 6.04 Å². The number of aromatic nitrogens is 2. The van der Waals surface area contributed by atoms with Gasteiger partial charge in [0, 0.05) is 6.42 Å². The number of benzene rings is 1. The lowest BCUT2D eigenvalue weighted by atomic mass is 10.1. The van der Waals surface area contributed by atoms with Gasteiger partial charge in [0.05, 0.1) is 6.04 Å². The highest BCUT2D eigenvalue weighted by Crippen LogP contribution is 2.20. The third kappa shape index (κ3) is 4.10. The minimum atomic E-state index is -0.00956. The van der Waals surface area contributed by atoms with Gasteiger partial charge in [-0.3, -0.25) is 0 Å². The molecule has 0 fully saturated rings. The predicted octanol–water partition coefficient (Wildman–Crippen LogP) is 2.57. The summed E-state index contributed by atoms with van der Waals surface area (Å²) >= 11 is 1.42. The van der Waals surface area contributed by atoms with Crippen LogP contribution in [0, 0.1) is 6.92 Å². The summed E-state index contributed by atoms with van der Waals surface area (Å²) in [7, 11) is 0. The monoisotopic (exact) mass is 290 g/mol. The highest BCUT2D eigenvalue weighted by molar-refractivity contribution is 7.05. The first-order chi connectivity index (χ1) is 9.70. The third-order valence-corrected chi connectivity index (χ3v) is 4.26. The van der Waals surface area contributed by atoms with Crippen molar-refractivity contribution in [3.63, 3.8) is 0 Å². The van der Waals surface area contributed by atoms with Crippen LogP contribution in [0.2, 0.25) is 0 Å². The summed E-state index contributed by atoms with van der Waals surface area (Å²) in [6, 6.07) is 8.32. The Morgan fingerprint density at radius 3 is 2.80 bits per heavy atom. The summed E-state index contributed by atoms with van der Waals surface area (Å²) < 4.78 is 4.43. The van der Waals surface area contributed by atoms with Crippen LogP contribution >= 0.6 is 11.5 Å². The standard InChI is InChI=1S/C15H22N4S/c1-11-6-2-3-7-12(11)10-14-18-15(20-19-14)13(17)8-4-5-9-16/h2-3,6-7,13H,4-5,8-10,16-17H2,1H3. The van der Waals surface area contributed by atoms with E-state index in [4.69, 9.17) is 11.5 Å². The molecule has 108 valence electrons.